The first kappa shape index (κ1) is 17.9. The highest BCUT2D eigenvalue weighted by Gasteiger charge is 2.15. The molecule has 0 saturated carbocycles. The molecule has 2 aromatic carbocycles. The van der Waals surface area contributed by atoms with Gasteiger partial charge in [-0.2, -0.15) is 0 Å². The van der Waals surface area contributed by atoms with Crippen LogP contribution in [0, 0.1) is 0 Å². The quantitative estimate of drug-likeness (QED) is 0.418. The highest BCUT2D eigenvalue weighted by atomic mass is 16.5. The van der Waals surface area contributed by atoms with Crippen LogP contribution in [0.2, 0.25) is 0 Å². The first-order valence-corrected chi connectivity index (χ1v) is 7.91. The summed E-state index contributed by atoms with van der Waals surface area (Å²) >= 11 is 0. The number of carbonyl (C=O) groups excluding carboxylic acids is 2. The Morgan fingerprint density at radius 3 is 2.70 bits per heavy atom. The summed E-state index contributed by atoms with van der Waals surface area (Å²) in [6.45, 7) is 0. The van der Waals surface area contributed by atoms with Gasteiger partial charge in [0, 0.05) is 6.08 Å². The predicted octanol–water partition coefficient (Wildman–Crippen LogP) is 2.94. The van der Waals surface area contributed by atoms with Crippen LogP contribution in [0.15, 0.2) is 64.0 Å². The maximum absolute atomic E-state index is 12.4. The van der Waals surface area contributed by atoms with Crippen LogP contribution in [0.1, 0.15) is 15.9 Å². The predicted molar refractivity (Wildman–Crippen MR) is 99.6 cm³/mol. The molecule has 3 aromatic rings. The lowest BCUT2D eigenvalue weighted by molar-refractivity contribution is -0.111. The van der Waals surface area contributed by atoms with Crippen molar-refractivity contribution in [1.29, 1.82) is 0 Å². The second kappa shape index (κ2) is 7.57. The van der Waals surface area contributed by atoms with Crippen LogP contribution < -0.4 is 10.7 Å². The van der Waals surface area contributed by atoms with E-state index in [4.69, 9.17) is 4.42 Å². The Balaban J connectivity index is 1.82. The van der Waals surface area contributed by atoms with Gasteiger partial charge in [0.15, 0.2) is 11.2 Å². The van der Waals surface area contributed by atoms with E-state index in [0.29, 0.717) is 11.0 Å². The van der Waals surface area contributed by atoms with Crippen molar-refractivity contribution < 1.29 is 23.8 Å². The first-order valence-electron chi connectivity index (χ1n) is 7.91. The Bertz CT molecular complexity index is 1110. The van der Waals surface area contributed by atoms with Crippen molar-refractivity contribution in [3.63, 3.8) is 0 Å². The minimum absolute atomic E-state index is 0.0399. The molecule has 0 fully saturated rings. The Hall–Kier alpha value is -3.87. The van der Waals surface area contributed by atoms with Crippen LogP contribution >= 0.6 is 0 Å². The van der Waals surface area contributed by atoms with E-state index in [0.717, 1.165) is 6.08 Å². The number of nitrogens with one attached hydrogen (secondary N) is 1. The molecule has 1 aromatic heterocycles. The number of esters is 1. The second-order valence-corrected chi connectivity index (χ2v) is 5.53. The molecule has 0 spiro atoms. The minimum Gasteiger partial charge on any atom is -0.505 e. The normalized spacial score (nSPS) is 10.9. The van der Waals surface area contributed by atoms with Crippen molar-refractivity contribution in [2.75, 3.05) is 12.4 Å². The van der Waals surface area contributed by atoms with Crippen molar-refractivity contribution in [2.24, 2.45) is 0 Å². The topological polar surface area (TPSA) is 106 Å². The van der Waals surface area contributed by atoms with Crippen LogP contribution in [0.25, 0.3) is 17.0 Å². The van der Waals surface area contributed by atoms with E-state index in [1.54, 1.807) is 24.3 Å². The van der Waals surface area contributed by atoms with Gasteiger partial charge in [-0.1, -0.05) is 18.2 Å². The molecule has 0 unspecified atom stereocenters. The number of aromatic hydroxyl groups is 1. The van der Waals surface area contributed by atoms with Gasteiger partial charge in [0.25, 0.3) is 0 Å². The highest BCUT2D eigenvalue weighted by Crippen LogP contribution is 2.28. The molecule has 0 atom stereocenters. The van der Waals surface area contributed by atoms with E-state index in [1.807, 2.05) is 0 Å². The zero-order valence-corrected chi connectivity index (χ0v) is 14.3. The number of benzene rings is 2. The van der Waals surface area contributed by atoms with Crippen LogP contribution in [-0.2, 0) is 9.53 Å². The van der Waals surface area contributed by atoms with Gasteiger partial charge in [-0.3, -0.25) is 9.59 Å². The third-order valence-electron chi connectivity index (χ3n) is 3.82. The molecule has 0 aliphatic rings. The fourth-order valence-corrected chi connectivity index (χ4v) is 2.47. The second-order valence-electron chi connectivity index (χ2n) is 5.53. The van der Waals surface area contributed by atoms with Gasteiger partial charge < -0.3 is 19.6 Å². The van der Waals surface area contributed by atoms with Crippen molar-refractivity contribution in [3.05, 3.63) is 76.2 Å². The SMILES string of the molecule is COC(=O)c1cccc(NC(=O)/C=C/c2coc3ccccc3c2=O)c1O. The number of hydrogen-bond acceptors (Lipinski definition) is 6. The van der Waals surface area contributed by atoms with Gasteiger partial charge in [0.05, 0.1) is 23.7 Å². The third-order valence-corrected chi connectivity index (χ3v) is 3.82. The lowest BCUT2D eigenvalue weighted by atomic mass is 10.1. The van der Waals surface area contributed by atoms with E-state index in [-0.39, 0.29) is 22.2 Å². The number of phenols is 1. The summed E-state index contributed by atoms with van der Waals surface area (Å²) < 4.78 is 9.93. The Labute approximate surface area is 153 Å². The number of rotatable bonds is 4. The van der Waals surface area contributed by atoms with Crippen LogP contribution in [0.5, 0.6) is 5.75 Å². The summed E-state index contributed by atoms with van der Waals surface area (Å²) in [4.78, 5) is 36.1. The number of amides is 1. The highest BCUT2D eigenvalue weighted by molar-refractivity contribution is 6.04. The number of hydrogen-bond donors (Lipinski definition) is 2. The molecule has 27 heavy (non-hydrogen) atoms. The monoisotopic (exact) mass is 365 g/mol. The number of anilines is 1. The Kier molecular flexibility index (Phi) is 5.03. The molecule has 3 rings (SSSR count). The number of phenolic OH excluding ortho intramolecular Hbond substituents is 1. The lowest BCUT2D eigenvalue weighted by Crippen LogP contribution is -2.10. The molecular formula is C20H15NO6. The maximum atomic E-state index is 12.4. The van der Waals surface area contributed by atoms with Gasteiger partial charge in [-0.05, 0) is 30.3 Å². The summed E-state index contributed by atoms with van der Waals surface area (Å²) in [6.07, 6.45) is 3.71. The van der Waals surface area contributed by atoms with Crippen LogP contribution in [0.3, 0.4) is 0 Å². The summed E-state index contributed by atoms with van der Waals surface area (Å²) in [5.41, 5.74) is 0.356. The Morgan fingerprint density at radius 1 is 1.15 bits per heavy atom. The van der Waals surface area contributed by atoms with E-state index < -0.39 is 17.6 Å². The molecule has 0 bridgehead atoms. The van der Waals surface area contributed by atoms with E-state index in [9.17, 15) is 19.5 Å². The average Bonchev–Trinajstić information content (AvgIpc) is 2.68. The third kappa shape index (κ3) is 3.72. The largest absolute Gasteiger partial charge is 0.505 e. The molecule has 0 aliphatic carbocycles. The Morgan fingerprint density at radius 2 is 1.93 bits per heavy atom. The van der Waals surface area contributed by atoms with Gasteiger partial charge in [0.1, 0.15) is 17.4 Å². The van der Waals surface area contributed by atoms with Gasteiger partial charge >= 0.3 is 5.97 Å². The van der Waals surface area contributed by atoms with Crippen molar-refractivity contribution in [1.82, 2.24) is 0 Å². The standard InChI is InChI=1S/C20H15NO6/c1-26-20(25)14-6-4-7-15(19(14)24)21-17(22)10-9-12-11-27-16-8-3-2-5-13(16)18(12)23/h2-11,24H,1H3,(H,21,22)/b10-9+. The summed E-state index contributed by atoms with van der Waals surface area (Å²) in [7, 11) is 1.19. The number of carbonyl (C=O) groups is 2. The number of methoxy groups -OCH3 is 1. The smallest absolute Gasteiger partial charge is 0.341 e. The van der Waals surface area contributed by atoms with Crippen LogP contribution in [-0.4, -0.2) is 24.1 Å². The minimum atomic E-state index is -0.729. The zero-order chi connectivity index (χ0) is 19.4. The van der Waals surface area contributed by atoms with Crippen molar-refractivity contribution >= 4 is 34.6 Å². The lowest BCUT2D eigenvalue weighted by Gasteiger charge is -2.08. The molecule has 136 valence electrons. The summed E-state index contributed by atoms with van der Waals surface area (Å²) in [6, 6.07) is 11.1. The molecule has 2 N–H and O–H groups in total. The molecule has 1 amide bonds. The van der Waals surface area contributed by atoms with Crippen molar-refractivity contribution in [2.45, 2.75) is 0 Å². The van der Waals surface area contributed by atoms with Crippen LogP contribution in [0.4, 0.5) is 5.69 Å². The molecule has 0 aliphatic heterocycles. The summed E-state index contributed by atoms with van der Waals surface area (Å²) in [5.74, 6) is -1.73. The fraction of sp³-hybridized carbons (Fsp3) is 0.0500. The average molecular weight is 365 g/mol. The first-order chi connectivity index (χ1) is 13.0. The van der Waals surface area contributed by atoms with Gasteiger partial charge in [-0.25, -0.2) is 4.79 Å². The molecule has 1 heterocycles. The molecule has 7 heteroatoms. The number of fused-ring (bicyclic) bond motifs is 1. The molecule has 0 radical (unpaired) electrons. The van der Waals surface area contributed by atoms with E-state index >= 15 is 0 Å². The fourth-order valence-electron chi connectivity index (χ4n) is 2.47. The van der Waals surface area contributed by atoms with E-state index in [2.05, 4.69) is 10.1 Å². The van der Waals surface area contributed by atoms with Gasteiger partial charge in [0.2, 0.25) is 5.91 Å². The van der Waals surface area contributed by atoms with Crippen molar-refractivity contribution in [3.8, 4) is 5.75 Å². The van der Waals surface area contributed by atoms with Gasteiger partial charge in [-0.15, -0.1) is 0 Å². The molecule has 7 nitrogen and oxygen atoms in total. The summed E-state index contributed by atoms with van der Waals surface area (Å²) in [5, 5.41) is 12.9. The molecule has 0 saturated heterocycles. The zero-order valence-electron chi connectivity index (χ0n) is 14.3. The number of para-hydroxylation sites is 2. The molecular weight excluding hydrogens is 350 g/mol. The maximum Gasteiger partial charge on any atom is 0.341 e. The van der Waals surface area contributed by atoms with E-state index in [1.165, 1.54) is 37.6 Å². The number of ether oxygens (including phenoxy) is 1.